The molecule has 69 heavy (non-hydrogen) atoms. The molecule has 6 fully saturated rings. The average molecular weight is 949 g/mol. The molecule has 0 radical (unpaired) electrons. The second-order valence-corrected chi connectivity index (χ2v) is 24.3. The molecule has 1 aromatic rings. The number of aliphatic carboxylic acids is 1. The van der Waals surface area contributed by atoms with E-state index in [1.54, 1.807) is 0 Å². The highest BCUT2D eigenvalue weighted by Gasteiger charge is 2.67. The van der Waals surface area contributed by atoms with Crippen molar-refractivity contribution >= 4 is 23.4 Å². The quantitative estimate of drug-likeness (QED) is 0.0758. The van der Waals surface area contributed by atoms with Gasteiger partial charge in [-0.05, 0) is 203 Å². The molecule has 5 N–H and O–H groups in total. The van der Waals surface area contributed by atoms with Gasteiger partial charge in [0, 0.05) is 55.8 Å². The Morgan fingerprint density at radius 2 is 1.72 bits per heavy atom. The number of esters is 1. The topological polar surface area (TPSA) is 160 Å². The van der Waals surface area contributed by atoms with Crippen LogP contribution in [-0.4, -0.2) is 83.7 Å². The second-order valence-electron chi connectivity index (χ2n) is 24.3. The first kappa shape index (κ1) is 50.5. The summed E-state index contributed by atoms with van der Waals surface area (Å²) in [5.74, 6) is 7.98. The fraction of sp³-hybridized carbons (Fsp3) is 0.746. The summed E-state index contributed by atoms with van der Waals surface area (Å²) >= 11 is 0. The standard InChI is InChI=1S/C59H84N2O8/c1-7-25-59(67)27-24-47-44-18-14-38-31-41(62)17-19-43(38)54(44)45(35-57(47,59)4)37-12-15-40(16-13-37)61(6)29-30-68-42-23-26-56(3)39(32-42)33-50(69-53(66)10-8-9-28-60)55-48-21-20-46(36(2)11-22-52(64)65)58(48,5)51(63)34-49(55)56/h12-13,15-16,31,36,39,42,44-51,55,63,67H,8-11,14,17-24,26-30,32-35,60H2,1-6H3,(H,64,65)/t36-,39+,42+,44+,45-,46-,47+,48+,49+,50-,51+,55+,56+,57+,58-,59-/m1/s1. The number of aliphatic hydroxyl groups excluding tert-OH is 1. The van der Waals surface area contributed by atoms with Crippen LogP contribution in [0.25, 0.3) is 0 Å². The summed E-state index contributed by atoms with van der Waals surface area (Å²) in [5, 5.41) is 33.9. The Kier molecular flexibility index (Phi) is 14.5. The van der Waals surface area contributed by atoms with E-state index in [4.69, 9.17) is 15.2 Å². The van der Waals surface area contributed by atoms with E-state index in [-0.39, 0.29) is 82.1 Å². The zero-order chi connectivity index (χ0) is 49.0. The minimum atomic E-state index is -1.000. The molecular weight excluding hydrogens is 865 g/mol. The molecule has 378 valence electrons. The number of benzene rings is 1. The normalized spacial score (nSPS) is 40.4. The number of ether oxygens (including phenoxy) is 2. The van der Waals surface area contributed by atoms with E-state index in [1.165, 1.54) is 22.3 Å². The van der Waals surface area contributed by atoms with Crippen molar-refractivity contribution in [1.82, 2.24) is 0 Å². The van der Waals surface area contributed by atoms with Crippen molar-refractivity contribution < 1.29 is 39.2 Å². The Labute approximate surface area is 413 Å². The highest BCUT2D eigenvalue weighted by molar-refractivity contribution is 5.93. The lowest BCUT2D eigenvalue weighted by Gasteiger charge is -2.64. The number of allylic oxidation sites excluding steroid dienone is 4. The Balaban J connectivity index is 0.873. The van der Waals surface area contributed by atoms with Crippen molar-refractivity contribution in [2.75, 3.05) is 31.6 Å². The monoisotopic (exact) mass is 949 g/mol. The number of anilines is 1. The molecule has 0 bridgehead atoms. The first-order valence-electron chi connectivity index (χ1n) is 27.3. The Bertz CT molecular complexity index is 2230. The largest absolute Gasteiger partial charge is 0.481 e. The molecule has 8 aliphatic rings. The van der Waals surface area contributed by atoms with E-state index < -0.39 is 17.7 Å². The lowest BCUT2D eigenvalue weighted by atomic mass is 9.43. The van der Waals surface area contributed by atoms with E-state index in [0.717, 1.165) is 95.7 Å². The summed E-state index contributed by atoms with van der Waals surface area (Å²) in [4.78, 5) is 40.0. The maximum Gasteiger partial charge on any atom is 0.306 e. The Morgan fingerprint density at radius 3 is 2.46 bits per heavy atom. The number of aliphatic hydroxyl groups is 2. The summed E-state index contributed by atoms with van der Waals surface area (Å²) < 4.78 is 13.4. The Hall–Kier alpha value is -3.49. The van der Waals surface area contributed by atoms with Crippen molar-refractivity contribution in [2.24, 2.45) is 69.3 Å². The first-order chi connectivity index (χ1) is 32.9. The summed E-state index contributed by atoms with van der Waals surface area (Å²) in [5.41, 5.74) is 10.7. The average Bonchev–Trinajstić information content (AvgIpc) is 3.81. The maximum absolute atomic E-state index is 13.5. The number of nitrogens with two attached hydrogens (primary N) is 1. The van der Waals surface area contributed by atoms with Gasteiger partial charge in [-0.2, -0.15) is 0 Å². The minimum absolute atomic E-state index is 0.00194. The van der Waals surface area contributed by atoms with E-state index in [0.29, 0.717) is 63.0 Å². The molecule has 6 saturated carbocycles. The van der Waals surface area contributed by atoms with Crippen molar-refractivity contribution in [1.29, 1.82) is 0 Å². The summed E-state index contributed by atoms with van der Waals surface area (Å²) in [6.45, 7) is 12.9. The SMILES string of the molecule is CC#C[C@@]1(O)CC[C@H]2[C@@H]3CCC4=CC(=O)CCC4=C3[C@@H](c3ccc(N(C)CCO[C@H]4CC[C@@]5(C)[C@@H](C4)C[C@@H](OC(=O)CCCCN)[C@@H]4[C@@H]5C[C@H](O)[C@]5(C)[C@@H]([C@H](C)CCC(=O)O)CC[C@@H]45)cc3)C[C@@]21C. The molecule has 0 spiro atoms. The van der Waals surface area contributed by atoms with Gasteiger partial charge in [-0.1, -0.05) is 51.3 Å². The molecule has 9 rings (SSSR count). The molecule has 0 unspecified atom stereocenters. The van der Waals surface area contributed by atoms with Crippen LogP contribution in [0.2, 0.25) is 0 Å². The van der Waals surface area contributed by atoms with E-state index in [1.807, 2.05) is 13.0 Å². The number of likely N-dealkylation sites (N-methyl/N-ethyl adjacent to an activating group) is 1. The molecule has 10 nitrogen and oxygen atoms in total. The molecule has 10 heteroatoms. The van der Waals surface area contributed by atoms with Gasteiger partial charge in [0.1, 0.15) is 11.7 Å². The van der Waals surface area contributed by atoms with Gasteiger partial charge in [-0.25, -0.2) is 0 Å². The van der Waals surface area contributed by atoms with Gasteiger partial charge < -0.3 is 35.4 Å². The Morgan fingerprint density at radius 1 is 0.942 bits per heavy atom. The van der Waals surface area contributed by atoms with E-state index in [2.05, 4.69) is 75.7 Å². The smallest absolute Gasteiger partial charge is 0.306 e. The fourth-order valence-electron chi connectivity index (χ4n) is 17.4. The predicted octanol–water partition coefficient (Wildman–Crippen LogP) is 9.94. The lowest BCUT2D eigenvalue weighted by molar-refractivity contribution is -0.219. The number of unbranched alkanes of at least 4 members (excludes halogenated alkanes) is 1. The molecule has 0 aromatic heterocycles. The van der Waals surface area contributed by atoms with Gasteiger partial charge in [0.25, 0.3) is 0 Å². The molecule has 0 saturated heterocycles. The number of hydrogen-bond donors (Lipinski definition) is 4. The fourth-order valence-corrected chi connectivity index (χ4v) is 17.4. The number of ketones is 1. The van der Waals surface area contributed by atoms with Gasteiger partial charge in [-0.3, -0.25) is 14.4 Å². The minimum Gasteiger partial charge on any atom is -0.481 e. The van der Waals surface area contributed by atoms with Crippen LogP contribution in [0.4, 0.5) is 5.69 Å². The van der Waals surface area contributed by atoms with Crippen LogP contribution in [0.1, 0.15) is 168 Å². The summed E-state index contributed by atoms with van der Waals surface area (Å²) in [6, 6.07) is 9.09. The molecule has 0 amide bonds. The molecule has 8 aliphatic carbocycles. The highest BCUT2D eigenvalue weighted by Crippen LogP contribution is 2.70. The zero-order valence-corrected chi connectivity index (χ0v) is 42.8. The van der Waals surface area contributed by atoms with Gasteiger partial charge in [0.2, 0.25) is 0 Å². The zero-order valence-electron chi connectivity index (χ0n) is 42.8. The van der Waals surface area contributed by atoms with Gasteiger partial charge >= 0.3 is 11.9 Å². The number of carbonyl (C=O) groups excluding carboxylic acids is 2. The van der Waals surface area contributed by atoms with Crippen LogP contribution in [0.15, 0.2) is 47.1 Å². The highest BCUT2D eigenvalue weighted by atomic mass is 16.5. The van der Waals surface area contributed by atoms with Crippen LogP contribution in [0.3, 0.4) is 0 Å². The molecule has 0 aliphatic heterocycles. The number of nitrogens with zero attached hydrogens (tertiary/aromatic N) is 1. The first-order valence-corrected chi connectivity index (χ1v) is 27.3. The lowest BCUT2D eigenvalue weighted by Crippen LogP contribution is -2.63. The number of rotatable bonds is 15. The van der Waals surface area contributed by atoms with E-state index >= 15 is 0 Å². The summed E-state index contributed by atoms with van der Waals surface area (Å²) in [6.07, 6.45) is 16.2. The van der Waals surface area contributed by atoms with Crippen LogP contribution in [0, 0.1) is 75.4 Å². The second kappa shape index (κ2) is 19.8. The third-order valence-corrected chi connectivity index (χ3v) is 21.1. The van der Waals surface area contributed by atoms with Crippen LogP contribution >= 0.6 is 0 Å². The van der Waals surface area contributed by atoms with Gasteiger partial charge in [-0.15, -0.1) is 5.92 Å². The number of hydrogen-bond acceptors (Lipinski definition) is 9. The van der Waals surface area contributed by atoms with Gasteiger partial charge in [0.05, 0.1) is 18.8 Å². The van der Waals surface area contributed by atoms with Crippen LogP contribution < -0.4 is 10.6 Å². The predicted molar refractivity (Wildman–Crippen MR) is 269 cm³/mol. The van der Waals surface area contributed by atoms with Crippen molar-refractivity contribution in [3.8, 4) is 11.8 Å². The number of carboxylic acids is 1. The number of carbonyl (C=O) groups is 3. The third-order valence-electron chi connectivity index (χ3n) is 21.1. The van der Waals surface area contributed by atoms with E-state index in [9.17, 15) is 29.7 Å². The molecular formula is C59H84N2O8. The van der Waals surface area contributed by atoms with Crippen molar-refractivity contribution in [3.63, 3.8) is 0 Å². The molecule has 1 aromatic carbocycles. The van der Waals surface area contributed by atoms with Gasteiger partial charge in [0.15, 0.2) is 5.78 Å². The van der Waals surface area contributed by atoms with Crippen molar-refractivity contribution in [3.05, 3.63) is 52.6 Å². The molecule has 0 heterocycles. The third kappa shape index (κ3) is 8.98. The number of carboxylic acid groups (broad SMARTS) is 1. The maximum atomic E-state index is 13.5. The number of fused-ring (bicyclic) bond motifs is 9. The molecule has 16 atom stereocenters. The summed E-state index contributed by atoms with van der Waals surface area (Å²) in [7, 11) is 2.14. The van der Waals surface area contributed by atoms with Crippen molar-refractivity contribution in [2.45, 2.75) is 186 Å². The van der Waals surface area contributed by atoms with Crippen LogP contribution in [-0.2, 0) is 23.9 Å². The van der Waals surface area contributed by atoms with Crippen LogP contribution in [0.5, 0.6) is 0 Å².